The largest absolute Gasteiger partial charge is 0.392 e. The number of carbonyl (C=O) groups is 1. The van der Waals surface area contributed by atoms with Gasteiger partial charge in [0.1, 0.15) is 0 Å². The molecular formula is C20H26N2O2. The van der Waals surface area contributed by atoms with Crippen molar-refractivity contribution in [2.45, 2.75) is 31.9 Å². The van der Waals surface area contributed by atoms with Crippen LogP contribution in [-0.4, -0.2) is 35.7 Å². The van der Waals surface area contributed by atoms with Crippen LogP contribution in [0.3, 0.4) is 0 Å². The van der Waals surface area contributed by atoms with Crippen molar-refractivity contribution in [2.75, 3.05) is 13.6 Å². The normalized spacial score (nSPS) is 13.1. The van der Waals surface area contributed by atoms with Gasteiger partial charge in [-0.05, 0) is 30.9 Å². The zero-order valence-electron chi connectivity index (χ0n) is 14.4. The number of nitrogens with zero attached hydrogens (tertiary/aromatic N) is 1. The van der Waals surface area contributed by atoms with E-state index in [4.69, 9.17) is 0 Å². The average molecular weight is 326 g/mol. The fourth-order valence-corrected chi connectivity index (χ4v) is 2.70. The molecule has 0 aromatic heterocycles. The van der Waals surface area contributed by atoms with E-state index in [9.17, 15) is 9.90 Å². The fourth-order valence-electron chi connectivity index (χ4n) is 2.70. The SMILES string of the molecule is CC(O)CN(C)C(=O)NC(CCc1ccccc1)c1ccccc1. The third-order valence-electron chi connectivity index (χ3n) is 3.95. The lowest BCUT2D eigenvalue weighted by molar-refractivity contribution is 0.142. The number of benzene rings is 2. The Morgan fingerprint density at radius 1 is 1.08 bits per heavy atom. The van der Waals surface area contributed by atoms with E-state index in [0.29, 0.717) is 6.54 Å². The summed E-state index contributed by atoms with van der Waals surface area (Å²) in [5, 5.41) is 12.5. The lowest BCUT2D eigenvalue weighted by atomic mass is 9.99. The molecule has 24 heavy (non-hydrogen) atoms. The molecule has 0 radical (unpaired) electrons. The topological polar surface area (TPSA) is 52.6 Å². The fraction of sp³-hybridized carbons (Fsp3) is 0.350. The number of nitrogens with one attached hydrogen (secondary N) is 1. The maximum Gasteiger partial charge on any atom is 0.317 e. The van der Waals surface area contributed by atoms with Gasteiger partial charge in [-0.2, -0.15) is 0 Å². The van der Waals surface area contributed by atoms with Crippen molar-refractivity contribution >= 4 is 6.03 Å². The van der Waals surface area contributed by atoms with Gasteiger partial charge in [0, 0.05) is 13.6 Å². The van der Waals surface area contributed by atoms with Crippen LogP contribution < -0.4 is 5.32 Å². The number of carbonyl (C=O) groups excluding carboxylic acids is 1. The number of hydrogen-bond donors (Lipinski definition) is 2. The van der Waals surface area contributed by atoms with Crippen molar-refractivity contribution in [2.24, 2.45) is 0 Å². The van der Waals surface area contributed by atoms with E-state index in [1.807, 2.05) is 48.5 Å². The molecular weight excluding hydrogens is 300 g/mol. The molecule has 0 aliphatic rings. The van der Waals surface area contributed by atoms with Crippen LogP contribution in [0.4, 0.5) is 4.79 Å². The summed E-state index contributed by atoms with van der Waals surface area (Å²) in [5.41, 5.74) is 2.34. The summed E-state index contributed by atoms with van der Waals surface area (Å²) in [6, 6.07) is 20.0. The Morgan fingerprint density at radius 2 is 1.67 bits per heavy atom. The van der Waals surface area contributed by atoms with Crippen LogP contribution >= 0.6 is 0 Å². The second-order valence-electron chi connectivity index (χ2n) is 6.17. The average Bonchev–Trinajstić information content (AvgIpc) is 2.59. The van der Waals surface area contributed by atoms with Crippen LogP contribution in [0.1, 0.15) is 30.5 Å². The highest BCUT2D eigenvalue weighted by Crippen LogP contribution is 2.19. The first-order valence-electron chi connectivity index (χ1n) is 8.35. The minimum absolute atomic E-state index is 0.0599. The van der Waals surface area contributed by atoms with Crippen LogP contribution in [0, 0.1) is 0 Å². The first kappa shape index (κ1) is 18.0. The van der Waals surface area contributed by atoms with Crippen molar-refractivity contribution < 1.29 is 9.90 Å². The molecule has 0 saturated heterocycles. The van der Waals surface area contributed by atoms with Crippen LogP contribution in [-0.2, 0) is 6.42 Å². The maximum atomic E-state index is 12.4. The third kappa shape index (κ3) is 5.70. The Labute approximate surface area is 144 Å². The molecule has 4 nitrogen and oxygen atoms in total. The molecule has 0 spiro atoms. The molecule has 128 valence electrons. The predicted molar refractivity (Wildman–Crippen MR) is 96.8 cm³/mol. The minimum Gasteiger partial charge on any atom is -0.392 e. The Bertz CT molecular complexity index is 614. The minimum atomic E-state index is -0.541. The smallest absolute Gasteiger partial charge is 0.317 e. The summed E-state index contributed by atoms with van der Waals surface area (Å²) < 4.78 is 0. The Morgan fingerprint density at radius 3 is 2.25 bits per heavy atom. The van der Waals surface area contributed by atoms with E-state index in [1.54, 1.807) is 14.0 Å². The molecule has 0 bridgehead atoms. The molecule has 2 unspecified atom stereocenters. The predicted octanol–water partition coefficient (Wildman–Crippen LogP) is 3.38. The van der Waals surface area contributed by atoms with Crippen molar-refractivity contribution in [3.8, 4) is 0 Å². The lowest BCUT2D eigenvalue weighted by Crippen LogP contribution is -2.42. The molecule has 4 heteroatoms. The number of aliphatic hydroxyl groups is 1. The Balaban J connectivity index is 2.04. The molecule has 2 N–H and O–H groups in total. The summed E-state index contributed by atoms with van der Waals surface area (Å²) in [7, 11) is 1.70. The van der Waals surface area contributed by atoms with Crippen molar-refractivity contribution in [3.63, 3.8) is 0 Å². The van der Waals surface area contributed by atoms with Gasteiger partial charge in [-0.3, -0.25) is 0 Å². The molecule has 2 rings (SSSR count). The van der Waals surface area contributed by atoms with Gasteiger partial charge in [-0.25, -0.2) is 4.79 Å². The van der Waals surface area contributed by atoms with Crippen molar-refractivity contribution in [1.29, 1.82) is 0 Å². The molecule has 2 aromatic rings. The Kier molecular flexibility index (Phi) is 6.82. The summed E-state index contributed by atoms with van der Waals surface area (Å²) >= 11 is 0. The van der Waals surface area contributed by atoms with Crippen molar-refractivity contribution in [3.05, 3.63) is 71.8 Å². The van der Waals surface area contributed by atoms with Gasteiger partial charge < -0.3 is 15.3 Å². The number of aliphatic hydroxyl groups excluding tert-OH is 1. The highest BCUT2D eigenvalue weighted by Gasteiger charge is 2.18. The first-order chi connectivity index (χ1) is 11.6. The number of hydrogen-bond acceptors (Lipinski definition) is 2. The molecule has 0 saturated carbocycles. The van der Waals surface area contributed by atoms with Crippen molar-refractivity contribution in [1.82, 2.24) is 10.2 Å². The van der Waals surface area contributed by atoms with E-state index < -0.39 is 6.10 Å². The monoisotopic (exact) mass is 326 g/mol. The Hall–Kier alpha value is -2.33. The molecule has 0 heterocycles. The second kappa shape index (κ2) is 9.08. The number of urea groups is 1. The van der Waals surface area contributed by atoms with E-state index >= 15 is 0 Å². The molecule has 0 aliphatic heterocycles. The first-order valence-corrected chi connectivity index (χ1v) is 8.35. The summed E-state index contributed by atoms with van der Waals surface area (Å²) in [4.78, 5) is 13.9. The van der Waals surface area contributed by atoms with Gasteiger partial charge in [0.15, 0.2) is 0 Å². The highest BCUT2D eigenvalue weighted by molar-refractivity contribution is 5.74. The molecule has 0 aliphatic carbocycles. The van der Waals surface area contributed by atoms with Gasteiger partial charge >= 0.3 is 6.03 Å². The molecule has 2 aromatic carbocycles. The van der Waals surface area contributed by atoms with Gasteiger partial charge in [0.2, 0.25) is 0 Å². The molecule has 0 fully saturated rings. The van der Waals surface area contributed by atoms with E-state index in [1.165, 1.54) is 10.5 Å². The number of rotatable bonds is 7. The second-order valence-corrected chi connectivity index (χ2v) is 6.17. The zero-order valence-corrected chi connectivity index (χ0v) is 14.4. The van der Waals surface area contributed by atoms with E-state index in [0.717, 1.165) is 18.4 Å². The van der Waals surface area contributed by atoms with Gasteiger partial charge in [-0.1, -0.05) is 60.7 Å². The summed E-state index contributed by atoms with van der Waals surface area (Å²) in [5.74, 6) is 0. The number of aryl methyl sites for hydroxylation is 1. The lowest BCUT2D eigenvalue weighted by Gasteiger charge is -2.25. The standard InChI is InChI=1S/C20H26N2O2/c1-16(23)15-22(2)20(24)21-19(18-11-7-4-8-12-18)14-13-17-9-5-3-6-10-17/h3-12,16,19,23H,13-15H2,1-2H3,(H,21,24). The summed E-state index contributed by atoms with van der Waals surface area (Å²) in [6.45, 7) is 1.99. The van der Waals surface area contributed by atoms with Crippen LogP contribution in [0.5, 0.6) is 0 Å². The van der Waals surface area contributed by atoms with Gasteiger partial charge in [-0.15, -0.1) is 0 Å². The van der Waals surface area contributed by atoms with E-state index in [2.05, 4.69) is 17.4 Å². The molecule has 2 atom stereocenters. The van der Waals surface area contributed by atoms with Crippen LogP contribution in [0.2, 0.25) is 0 Å². The number of likely N-dealkylation sites (N-methyl/N-ethyl adjacent to an activating group) is 1. The quantitative estimate of drug-likeness (QED) is 0.819. The summed E-state index contributed by atoms with van der Waals surface area (Å²) in [6.07, 6.45) is 1.17. The van der Waals surface area contributed by atoms with Gasteiger partial charge in [0.05, 0.1) is 12.1 Å². The third-order valence-corrected chi connectivity index (χ3v) is 3.95. The zero-order chi connectivity index (χ0) is 17.4. The van der Waals surface area contributed by atoms with Crippen LogP contribution in [0.15, 0.2) is 60.7 Å². The molecule has 2 amide bonds. The highest BCUT2D eigenvalue weighted by atomic mass is 16.3. The maximum absolute atomic E-state index is 12.4. The van der Waals surface area contributed by atoms with Crippen LogP contribution in [0.25, 0.3) is 0 Å². The van der Waals surface area contributed by atoms with E-state index in [-0.39, 0.29) is 12.1 Å². The number of amides is 2. The van der Waals surface area contributed by atoms with Gasteiger partial charge in [0.25, 0.3) is 0 Å².